The maximum absolute atomic E-state index is 11.9. The molecular formula is C13H26N2O3. The summed E-state index contributed by atoms with van der Waals surface area (Å²) in [5.74, 6) is -0.421. The maximum atomic E-state index is 11.9. The molecule has 5 heteroatoms. The smallest absolute Gasteiger partial charge is 0.317 e. The van der Waals surface area contributed by atoms with Gasteiger partial charge in [0.2, 0.25) is 0 Å². The van der Waals surface area contributed by atoms with Crippen LogP contribution in [0.25, 0.3) is 0 Å². The van der Waals surface area contributed by atoms with Gasteiger partial charge >= 0.3 is 12.0 Å². The summed E-state index contributed by atoms with van der Waals surface area (Å²) in [6, 6.07) is -0.188. The average Bonchev–Trinajstić information content (AvgIpc) is 2.26. The largest absolute Gasteiger partial charge is 0.481 e. The second-order valence-electron chi connectivity index (χ2n) is 5.53. The minimum atomic E-state index is -0.885. The van der Waals surface area contributed by atoms with E-state index in [0.29, 0.717) is 19.0 Å². The highest BCUT2D eigenvalue weighted by molar-refractivity contribution is 5.75. The summed E-state index contributed by atoms with van der Waals surface area (Å²) in [6.07, 6.45) is -0.0190. The van der Waals surface area contributed by atoms with Crippen molar-refractivity contribution in [2.45, 2.75) is 41.0 Å². The molecule has 0 rings (SSSR count). The summed E-state index contributed by atoms with van der Waals surface area (Å²) in [6.45, 7) is 11.6. The molecule has 0 aromatic heterocycles. The Balaban J connectivity index is 4.24. The third-order valence-electron chi connectivity index (χ3n) is 3.52. The highest BCUT2D eigenvalue weighted by atomic mass is 16.4. The van der Waals surface area contributed by atoms with Gasteiger partial charge in [0.05, 0.1) is 6.42 Å². The van der Waals surface area contributed by atoms with Crippen molar-refractivity contribution in [2.75, 3.05) is 19.6 Å². The number of hydrogen-bond acceptors (Lipinski definition) is 2. The number of hydrogen-bond donors (Lipinski definition) is 2. The number of nitrogens with one attached hydrogen (secondary N) is 1. The lowest BCUT2D eigenvalue weighted by Gasteiger charge is -2.31. The fourth-order valence-corrected chi connectivity index (χ4v) is 1.25. The van der Waals surface area contributed by atoms with Crippen molar-refractivity contribution in [3.8, 4) is 0 Å². The Kier molecular flexibility index (Phi) is 6.73. The number of carboxylic acid groups (broad SMARTS) is 1. The van der Waals surface area contributed by atoms with Crippen molar-refractivity contribution in [2.24, 2.45) is 11.3 Å². The second-order valence-corrected chi connectivity index (χ2v) is 5.53. The van der Waals surface area contributed by atoms with Gasteiger partial charge in [-0.25, -0.2) is 4.79 Å². The summed E-state index contributed by atoms with van der Waals surface area (Å²) in [5.41, 5.74) is 0.0296. The number of urea groups is 1. The van der Waals surface area contributed by atoms with Crippen molar-refractivity contribution >= 4 is 12.0 Å². The first kappa shape index (κ1) is 16.7. The molecule has 0 aliphatic heterocycles. The summed E-state index contributed by atoms with van der Waals surface area (Å²) in [7, 11) is 0. The van der Waals surface area contributed by atoms with Gasteiger partial charge in [0.15, 0.2) is 0 Å². The fourth-order valence-electron chi connectivity index (χ4n) is 1.25. The highest BCUT2D eigenvalue weighted by Gasteiger charge is 2.24. The number of carboxylic acids is 1. The van der Waals surface area contributed by atoms with Crippen molar-refractivity contribution in [3.63, 3.8) is 0 Å². The maximum Gasteiger partial charge on any atom is 0.317 e. The van der Waals surface area contributed by atoms with Crippen LogP contribution in [0.2, 0.25) is 0 Å². The Labute approximate surface area is 110 Å². The van der Waals surface area contributed by atoms with Gasteiger partial charge < -0.3 is 15.3 Å². The van der Waals surface area contributed by atoms with Gasteiger partial charge in [-0.15, -0.1) is 0 Å². The van der Waals surface area contributed by atoms with Gasteiger partial charge in [-0.2, -0.15) is 0 Å². The van der Waals surface area contributed by atoms with Crippen molar-refractivity contribution < 1.29 is 14.7 Å². The van der Waals surface area contributed by atoms with Gasteiger partial charge in [-0.05, 0) is 18.3 Å². The average molecular weight is 258 g/mol. The van der Waals surface area contributed by atoms with E-state index >= 15 is 0 Å². The Morgan fingerprint density at radius 1 is 1.33 bits per heavy atom. The summed E-state index contributed by atoms with van der Waals surface area (Å²) in [5, 5.41) is 11.5. The van der Waals surface area contributed by atoms with E-state index < -0.39 is 5.97 Å². The van der Waals surface area contributed by atoms with Crippen LogP contribution in [0.4, 0.5) is 4.79 Å². The van der Waals surface area contributed by atoms with Crippen LogP contribution in [-0.4, -0.2) is 41.6 Å². The van der Waals surface area contributed by atoms with E-state index in [9.17, 15) is 9.59 Å². The lowest BCUT2D eigenvalue weighted by atomic mass is 9.81. The Hall–Kier alpha value is -1.26. The zero-order valence-electron chi connectivity index (χ0n) is 12.1. The molecule has 0 aliphatic carbocycles. The molecule has 0 saturated heterocycles. The van der Waals surface area contributed by atoms with Crippen LogP contribution in [0.3, 0.4) is 0 Å². The SMILES string of the molecule is CCN(CCC(=O)O)C(=O)NCC(C)(C)C(C)C. The van der Waals surface area contributed by atoms with Crippen LogP contribution < -0.4 is 5.32 Å². The minimum Gasteiger partial charge on any atom is -0.481 e. The quantitative estimate of drug-likeness (QED) is 0.735. The van der Waals surface area contributed by atoms with Crippen LogP contribution in [0.5, 0.6) is 0 Å². The van der Waals surface area contributed by atoms with Gasteiger partial charge in [0.1, 0.15) is 0 Å². The molecule has 2 amide bonds. The third kappa shape index (κ3) is 5.89. The van der Waals surface area contributed by atoms with Gasteiger partial charge in [0, 0.05) is 19.6 Å². The molecule has 0 unspecified atom stereocenters. The van der Waals surface area contributed by atoms with Crippen LogP contribution in [0, 0.1) is 11.3 Å². The highest BCUT2D eigenvalue weighted by Crippen LogP contribution is 2.24. The normalized spacial score (nSPS) is 11.4. The number of amides is 2. The van der Waals surface area contributed by atoms with Gasteiger partial charge in [0.25, 0.3) is 0 Å². The predicted octanol–water partition coefficient (Wildman–Crippen LogP) is 2.17. The molecule has 0 bridgehead atoms. The topological polar surface area (TPSA) is 69.6 Å². The van der Waals surface area contributed by atoms with Crippen molar-refractivity contribution in [1.29, 1.82) is 0 Å². The number of carbonyl (C=O) groups excluding carboxylic acids is 1. The number of carbonyl (C=O) groups is 2. The van der Waals surface area contributed by atoms with Gasteiger partial charge in [-0.3, -0.25) is 4.79 Å². The molecule has 0 fully saturated rings. The molecule has 0 aromatic carbocycles. The molecular weight excluding hydrogens is 232 g/mol. The van der Waals surface area contributed by atoms with E-state index in [1.54, 1.807) is 0 Å². The van der Waals surface area contributed by atoms with E-state index in [1.165, 1.54) is 4.90 Å². The standard InChI is InChI=1S/C13H26N2O3/c1-6-15(8-7-11(16)17)12(18)14-9-13(4,5)10(2)3/h10H,6-9H2,1-5H3,(H,14,18)(H,16,17). The fraction of sp³-hybridized carbons (Fsp3) is 0.846. The molecule has 5 nitrogen and oxygen atoms in total. The molecule has 0 aromatic rings. The molecule has 18 heavy (non-hydrogen) atoms. The van der Waals surface area contributed by atoms with Crippen LogP contribution in [0.15, 0.2) is 0 Å². The molecule has 0 spiro atoms. The first-order valence-electron chi connectivity index (χ1n) is 6.45. The molecule has 0 aliphatic rings. The number of nitrogens with zero attached hydrogens (tertiary/aromatic N) is 1. The molecule has 0 heterocycles. The van der Waals surface area contributed by atoms with E-state index in [1.807, 2.05) is 6.92 Å². The van der Waals surface area contributed by atoms with E-state index in [2.05, 4.69) is 33.0 Å². The first-order valence-corrected chi connectivity index (χ1v) is 6.45. The zero-order valence-corrected chi connectivity index (χ0v) is 12.1. The number of rotatable bonds is 7. The molecule has 106 valence electrons. The summed E-state index contributed by atoms with van der Waals surface area (Å²) >= 11 is 0. The van der Waals surface area contributed by atoms with Crippen molar-refractivity contribution in [1.82, 2.24) is 10.2 Å². The molecule has 0 radical (unpaired) electrons. The number of aliphatic carboxylic acids is 1. The lowest BCUT2D eigenvalue weighted by molar-refractivity contribution is -0.137. The van der Waals surface area contributed by atoms with E-state index in [-0.39, 0.29) is 24.4 Å². The van der Waals surface area contributed by atoms with Crippen molar-refractivity contribution in [3.05, 3.63) is 0 Å². The Bertz CT molecular complexity index is 288. The molecule has 0 saturated carbocycles. The first-order chi connectivity index (χ1) is 8.20. The predicted molar refractivity (Wildman–Crippen MR) is 71.5 cm³/mol. The minimum absolute atomic E-state index is 0.0190. The van der Waals surface area contributed by atoms with Crippen LogP contribution in [-0.2, 0) is 4.79 Å². The molecule has 0 atom stereocenters. The summed E-state index contributed by atoms with van der Waals surface area (Å²) < 4.78 is 0. The third-order valence-corrected chi connectivity index (χ3v) is 3.52. The Morgan fingerprint density at radius 3 is 2.28 bits per heavy atom. The summed E-state index contributed by atoms with van der Waals surface area (Å²) in [4.78, 5) is 23.9. The van der Waals surface area contributed by atoms with E-state index in [4.69, 9.17) is 5.11 Å². The Morgan fingerprint density at radius 2 is 1.89 bits per heavy atom. The monoisotopic (exact) mass is 258 g/mol. The zero-order chi connectivity index (χ0) is 14.3. The van der Waals surface area contributed by atoms with Crippen LogP contribution >= 0.6 is 0 Å². The van der Waals surface area contributed by atoms with Gasteiger partial charge in [-0.1, -0.05) is 27.7 Å². The van der Waals surface area contributed by atoms with Crippen LogP contribution in [0.1, 0.15) is 41.0 Å². The second kappa shape index (κ2) is 7.24. The van der Waals surface area contributed by atoms with E-state index in [0.717, 1.165) is 0 Å². The molecule has 2 N–H and O–H groups in total. The lowest BCUT2D eigenvalue weighted by Crippen LogP contribution is -2.45.